The van der Waals surface area contributed by atoms with Crippen molar-refractivity contribution in [3.05, 3.63) is 87.3 Å². The van der Waals surface area contributed by atoms with Crippen LogP contribution in [0.15, 0.2) is 48.0 Å². The van der Waals surface area contributed by atoms with Crippen molar-refractivity contribution in [1.29, 1.82) is 0 Å². The third-order valence-corrected chi connectivity index (χ3v) is 18.9. The zero-order valence-corrected chi connectivity index (χ0v) is 52.1. The number of β-amino-alcohol motifs (C(OH)–C–C–N with tert-alkyl or cyclic N) is 1. The summed E-state index contributed by atoms with van der Waals surface area (Å²) in [4.78, 5) is 81.2. The van der Waals surface area contributed by atoms with Crippen molar-refractivity contribution in [2.75, 3.05) is 63.2 Å². The SMILES string of the molecule is [C-]#[N+]c1c(N)sc2c(F)ccc(-c3c(Cl)cc4c(N5CC6CCC(C5)N6C(=O)OC(C)(C)C)nc(OC[C@@H]5CCCN5CCCOCCC(=O)N[C@H](C(=O)N5C[C@H](O)C[C@H]5C(=O)N[C@@H](C)c5ccc(-c6scnc6C)cc5)C(C)(C)C)nc4c3F)c12. The molecule has 0 spiro atoms. The summed E-state index contributed by atoms with van der Waals surface area (Å²) in [6.07, 6.45) is 2.60. The van der Waals surface area contributed by atoms with E-state index in [2.05, 4.69) is 30.3 Å². The molecule has 24 heteroatoms. The summed E-state index contributed by atoms with van der Waals surface area (Å²) in [6, 6.07) is 9.27. The molecule has 3 aromatic heterocycles. The lowest BCUT2D eigenvalue weighted by Gasteiger charge is -2.42. The first-order valence-corrected chi connectivity index (χ1v) is 31.3. The number of thiazole rings is 1. The van der Waals surface area contributed by atoms with Crippen LogP contribution in [0, 0.1) is 30.5 Å². The van der Waals surface area contributed by atoms with Gasteiger partial charge in [-0.2, -0.15) is 9.97 Å². The Labute approximate surface area is 512 Å². The van der Waals surface area contributed by atoms with Gasteiger partial charge in [0, 0.05) is 68.0 Å². The topological polar surface area (TPSA) is 222 Å². The molecule has 4 aliphatic heterocycles. The molecule has 4 amide bonds. The average Bonchev–Trinajstić information content (AvgIpc) is 1.32. The van der Waals surface area contributed by atoms with Gasteiger partial charge in [-0.25, -0.2) is 23.4 Å². The van der Waals surface area contributed by atoms with Crippen molar-refractivity contribution in [3.63, 3.8) is 0 Å². The van der Waals surface area contributed by atoms with Crippen molar-refractivity contribution >= 4 is 95.6 Å². The number of aliphatic hydroxyl groups excluding tert-OH is 1. The first-order chi connectivity index (χ1) is 40.9. The lowest BCUT2D eigenvalue weighted by Crippen LogP contribution is -2.58. The monoisotopic (exact) mass is 1240 g/mol. The summed E-state index contributed by atoms with van der Waals surface area (Å²) in [5, 5.41) is 17.3. The Kier molecular flexibility index (Phi) is 18.5. The van der Waals surface area contributed by atoms with Gasteiger partial charge in [0.1, 0.15) is 41.4 Å². The molecule has 0 saturated carbocycles. The molecule has 0 aliphatic carbocycles. The fraction of sp³-hybridized carbons (Fsp3) is 0.516. The highest BCUT2D eigenvalue weighted by Crippen LogP contribution is 2.50. The number of nitrogens with one attached hydrogen (secondary N) is 2. The van der Waals surface area contributed by atoms with Crippen LogP contribution in [0.4, 0.5) is 30.1 Å². The lowest BCUT2D eigenvalue weighted by molar-refractivity contribution is -0.144. The summed E-state index contributed by atoms with van der Waals surface area (Å²) < 4.78 is 51.1. The predicted octanol–water partition coefficient (Wildman–Crippen LogP) is 10.6. The van der Waals surface area contributed by atoms with E-state index >= 15 is 8.78 Å². The van der Waals surface area contributed by atoms with Crippen LogP contribution in [-0.2, 0) is 23.9 Å². The zero-order chi connectivity index (χ0) is 61.5. The molecule has 19 nitrogen and oxygen atoms in total. The van der Waals surface area contributed by atoms with Gasteiger partial charge in [-0.05, 0) is 108 Å². The molecule has 4 fully saturated rings. The average molecular weight is 1240 g/mol. The van der Waals surface area contributed by atoms with Gasteiger partial charge in [0.05, 0.1) is 68.2 Å². The predicted molar refractivity (Wildman–Crippen MR) is 330 cm³/mol. The number of thiophene rings is 1. The number of ether oxygens (including phenoxy) is 3. The van der Waals surface area contributed by atoms with Gasteiger partial charge in [-0.1, -0.05) is 62.7 Å². The van der Waals surface area contributed by atoms with Crippen molar-refractivity contribution in [2.24, 2.45) is 5.41 Å². The van der Waals surface area contributed by atoms with Gasteiger partial charge >= 0.3 is 12.1 Å². The number of amides is 4. The summed E-state index contributed by atoms with van der Waals surface area (Å²) in [6.45, 7) is 25.5. The van der Waals surface area contributed by atoms with Crippen LogP contribution in [0.25, 0.3) is 47.4 Å². The van der Waals surface area contributed by atoms with E-state index in [4.69, 9.17) is 43.1 Å². The number of fused-ring (bicyclic) bond motifs is 4. The molecule has 86 heavy (non-hydrogen) atoms. The number of benzene rings is 3. The molecule has 6 aromatic rings. The van der Waals surface area contributed by atoms with E-state index in [-0.39, 0.29) is 123 Å². The van der Waals surface area contributed by atoms with Crippen LogP contribution in [-0.4, -0.2) is 153 Å². The maximum atomic E-state index is 17.5. The van der Waals surface area contributed by atoms with E-state index in [0.717, 1.165) is 65.3 Å². The minimum atomic E-state index is -0.984. The third kappa shape index (κ3) is 13.2. The number of aromatic nitrogens is 3. The lowest BCUT2D eigenvalue weighted by atomic mass is 9.85. The Bertz CT molecular complexity index is 3570. The molecule has 3 aromatic carbocycles. The molecule has 2 unspecified atom stereocenters. The fourth-order valence-corrected chi connectivity index (χ4v) is 14.4. The minimum Gasteiger partial charge on any atom is -0.462 e. The fourth-order valence-electron chi connectivity index (χ4n) is 12.3. The van der Waals surface area contributed by atoms with Crippen LogP contribution >= 0.6 is 34.3 Å². The number of nitrogen functional groups attached to an aromatic ring is 1. The van der Waals surface area contributed by atoms with E-state index in [1.807, 2.05) is 90.1 Å². The van der Waals surface area contributed by atoms with Crippen molar-refractivity contribution in [3.8, 4) is 27.6 Å². The van der Waals surface area contributed by atoms with Crippen molar-refractivity contribution < 1.29 is 47.3 Å². The Balaban J connectivity index is 0.761. The van der Waals surface area contributed by atoms with Gasteiger partial charge in [0.25, 0.3) is 0 Å². The van der Waals surface area contributed by atoms with Gasteiger partial charge in [-0.15, -0.1) is 22.7 Å². The molecule has 458 valence electrons. The molecule has 7 atom stereocenters. The van der Waals surface area contributed by atoms with Gasteiger partial charge in [0.15, 0.2) is 5.82 Å². The van der Waals surface area contributed by atoms with Gasteiger partial charge in [0.2, 0.25) is 23.4 Å². The number of carbonyl (C=O) groups is 4. The van der Waals surface area contributed by atoms with E-state index in [1.165, 1.54) is 17.0 Å². The number of likely N-dealkylation sites (tertiary alicyclic amines) is 2. The highest BCUT2D eigenvalue weighted by Gasteiger charge is 2.47. The van der Waals surface area contributed by atoms with Crippen LogP contribution in [0.5, 0.6) is 6.01 Å². The smallest absolute Gasteiger partial charge is 0.410 e. The summed E-state index contributed by atoms with van der Waals surface area (Å²) >= 11 is 9.49. The molecular formula is C62H74ClF2N11O8S2. The molecule has 0 radical (unpaired) electrons. The zero-order valence-electron chi connectivity index (χ0n) is 49.7. The van der Waals surface area contributed by atoms with Gasteiger partial charge < -0.3 is 45.5 Å². The van der Waals surface area contributed by atoms with E-state index in [0.29, 0.717) is 43.9 Å². The second-order valence-corrected chi connectivity index (χ2v) is 27.2. The Morgan fingerprint density at radius 3 is 2.40 bits per heavy atom. The number of aliphatic hydroxyl groups is 1. The molecule has 2 bridgehead atoms. The van der Waals surface area contributed by atoms with Crippen LogP contribution in [0.3, 0.4) is 0 Å². The van der Waals surface area contributed by atoms with Crippen LogP contribution in [0.1, 0.15) is 111 Å². The third-order valence-electron chi connectivity index (χ3n) is 16.6. The number of hydrogen-bond donors (Lipinski definition) is 4. The molecule has 7 heterocycles. The van der Waals surface area contributed by atoms with Gasteiger partial charge in [-0.3, -0.25) is 24.2 Å². The Morgan fingerprint density at radius 1 is 0.988 bits per heavy atom. The summed E-state index contributed by atoms with van der Waals surface area (Å²) in [5.74, 6) is -2.25. The first-order valence-electron chi connectivity index (χ1n) is 29.3. The second kappa shape index (κ2) is 25.5. The normalized spacial score (nSPS) is 20.6. The molecular weight excluding hydrogens is 1160 g/mol. The van der Waals surface area contributed by atoms with E-state index in [1.54, 1.807) is 22.3 Å². The Hall–Kier alpha value is -6.81. The largest absolute Gasteiger partial charge is 0.462 e. The highest BCUT2D eigenvalue weighted by atomic mass is 35.5. The summed E-state index contributed by atoms with van der Waals surface area (Å²) in [7, 11) is 0. The first kappa shape index (κ1) is 62.2. The van der Waals surface area contributed by atoms with E-state index in [9.17, 15) is 24.3 Å². The number of halogens is 3. The quantitative estimate of drug-likeness (QED) is 0.0464. The van der Waals surface area contributed by atoms with Crippen molar-refractivity contribution in [1.82, 2.24) is 40.3 Å². The van der Waals surface area contributed by atoms with E-state index < -0.39 is 46.7 Å². The summed E-state index contributed by atoms with van der Waals surface area (Å²) in [5.41, 5.74) is 9.47. The number of aryl methyl sites for hydroxylation is 1. The number of hydrogen-bond acceptors (Lipinski definition) is 16. The van der Waals surface area contributed by atoms with Crippen molar-refractivity contribution in [2.45, 2.75) is 148 Å². The minimum absolute atomic E-state index is 0.00249. The molecule has 5 N–H and O–H groups in total. The Morgan fingerprint density at radius 2 is 1.72 bits per heavy atom. The molecule has 4 saturated heterocycles. The second-order valence-electron chi connectivity index (χ2n) is 24.9. The number of nitrogens with zero attached hydrogens (tertiary/aromatic N) is 8. The number of anilines is 2. The molecule has 10 rings (SSSR count). The number of carbonyl (C=O) groups excluding carboxylic acids is 4. The standard InChI is InChI=1S/C62H74ClF2N11O8S2/c1-33(35-13-15-36(16-14-35)52-34(2)68-32-85-52)69-57(79)45-26-40(77)30-75(45)58(80)54(61(3,4)5)70-46(78)21-25-82-24-11-23-73-22-10-12-39(73)31-83-59-71-50-42(56(72-59)74-28-37-17-18-38(29-74)76(37)60(81)84-62(6,7)8)27-43(63)47(49(50)65)41-19-20-44(64)53-48(41)51(67-9)55(66)86-53/h13-16,19-20,27,32-33,37-40,45,54,77H,10-12,17-18,21-26,28-31,66H2,1-8H3,(H,69,79)(H,70,78)/t33-,37?,38?,39-,40+,45-,54+/m0/s1. The maximum absolute atomic E-state index is 17.5. The molecule has 4 aliphatic rings. The van der Waals surface area contributed by atoms with Crippen LogP contribution < -0.4 is 26.0 Å². The highest BCUT2D eigenvalue weighted by molar-refractivity contribution is 7.23. The number of piperazine rings is 1. The number of rotatable bonds is 18. The van der Waals surface area contributed by atoms with Crippen LogP contribution in [0.2, 0.25) is 5.02 Å². The number of nitrogens with two attached hydrogens (primary N) is 1. The maximum Gasteiger partial charge on any atom is 0.410 e.